The van der Waals surface area contributed by atoms with E-state index in [0.29, 0.717) is 36.8 Å². The highest BCUT2D eigenvalue weighted by Crippen LogP contribution is 2.25. The largest absolute Gasteiger partial charge is 0.497 e. The Balaban J connectivity index is 2.09. The molecule has 0 bridgehead atoms. The predicted octanol–water partition coefficient (Wildman–Crippen LogP) is 4.29. The number of guanidine groups is 1. The van der Waals surface area contributed by atoms with Crippen molar-refractivity contribution in [2.24, 2.45) is 4.99 Å². The number of rotatable bonds is 11. The number of nitrogens with one attached hydrogen (secondary N) is 3. The Kier molecular flexibility index (Phi) is 10.2. The Morgan fingerprint density at radius 1 is 1.12 bits per heavy atom. The third-order valence-corrected chi connectivity index (χ3v) is 4.38. The molecule has 32 heavy (non-hydrogen) atoms. The molecule has 0 aliphatic carbocycles. The molecule has 0 heterocycles. The van der Waals surface area contributed by atoms with Crippen molar-refractivity contribution >= 4 is 17.6 Å². The summed E-state index contributed by atoms with van der Waals surface area (Å²) in [5.74, 6) is 1.09. The number of anilines is 1. The third-order valence-electron chi connectivity index (χ3n) is 4.38. The molecule has 0 aliphatic rings. The number of hydrogen-bond donors (Lipinski definition) is 3. The fourth-order valence-electron chi connectivity index (χ4n) is 2.92. The average molecular weight is 449 g/mol. The number of carbonyl (C=O) groups is 1. The Labute approximate surface area is 187 Å². The van der Waals surface area contributed by atoms with E-state index >= 15 is 0 Å². The van der Waals surface area contributed by atoms with Gasteiger partial charge in [-0.2, -0.15) is 8.78 Å². The van der Waals surface area contributed by atoms with Crippen LogP contribution in [-0.2, 0) is 17.9 Å². The SMILES string of the molecule is CCCC(=O)Nc1cccc(CN=C(NCC)NCc2cc(OC)ccc2OC(F)F)c1. The van der Waals surface area contributed by atoms with Gasteiger partial charge in [-0.25, -0.2) is 4.99 Å². The number of alkyl halides is 2. The van der Waals surface area contributed by atoms with Gasteiger partial charge in [-0.1, -0.05) is 19.1 Å². The van der Waals surface area contributed by atoms with Crippen molar-refractivity contribution in [2.45, 2.75) is 46.4 Å². The first-order valence-corrected chi connectivity index (χ1v) is 10.5. The summed E-state index contributed by atoms with van der Waals surface area (Å²) >= 11 is 0. The number of carbonyl (C=O) groups excluding carboxylic acids is 1. The number of aliphatic imine (C=N–C) groups is 1. The fourth-order valence-corrected chi connectivity index (χ4v) is 2.92. The zero-order valence-electron chi connectivity index (χ0n) is 18.6. The zero-order chi connectivity index (χ0) is 23.3. The zero-order valence-corrected chi connectivity index (χ0v) is 18.6. The number of halogens is 2. The Bertz CT molecular complexity index is 907. The van der Waals surface area contributed by atoms with Crippen LogP contribution in [0.15, 0.2) is 47.5 Å². The van der Waals surface area contributed by atoms with Crippen LogP contribution >= 0.6 is 0 Å². The van der Waals surface area contributed by atoms with Gasteiger partial charge in [0.15, 0.2) is 5.96 Å². The Morgan fingerprint density at radius 3 is 2.62 bits per heavy atom. The van der Waals surface area contributed by atoms with Crippen molar-refractivity contribution in [3.05, 3.63) is 53.6 Å². The quantitative estimate of drug-likeness (QED) is 0.353. The lowest BCUT2D eigenvalue weighted by atomic mass is 10.2. The maximum atomic E-state index is 12.7. The molecule has 9 heteroatoms. The van der Waals surface area contributed by atoms with Crippen LogP contribution in [0.3, 0.4) is 0 Å². The van der Waals surface area contributed by atoms with Crippen molar-refractivity contribution in [3.8, 4) is 11.5 Å². The standard InChI is InChI=1S/C23H30F2N4O3/c1-4-7-21(30)29-18-9-6-8-16(12-18)14-27-23(26-5-2)28-15-17-13-19(31-3)10-11-20(17)32-22(24)25/h6,8-13,22H,4-5,7,14-15H2,1-3H3,(H,29,30)(H2,26,27,28). The number of nitrogens with zero attached hydrogens (tertiary/aromatic N) is 1. The van der Waals surface area contributed by atoms with Crippen molar-refractivity contribution in [3.63, 3.8) is 0 Å². The minimum Gasteiger partial charge on any atom is -0.497 e. The molecule has 174 valence electrons. The van der Waals surface area contributed by atoms with Crippen LogP contribution in [0.5, 0.6) is 11.5 Å². The lowest BCUT2D eigenvalue weighted by molar-refractivity contribution is -0.116. The molecular weight excluding hydrogens is 418 g/mol. The third kappa shape index (κ3) is 8.41. The summed E-state index contributed by atoms with van der Waals surface area (Å²) in [6.45, 7) is 2.15. The highest BCUT2D eigenvalue weighted by molar-refractivity contribution is 5.90. The minimum atomic E-state index is -2.92. The van der Waals surface area contributed by atoms with Crippen LogP contribution < -0.4 is 25.4 Å². The predicted molar refractivity (Wildman–Crippen MR) is 121 cm³/mol. The average Bonchev–Trinajstić information content (AvgIpc) is 2.76. The molecule has 2 aromatic carbocycles. The molecule has 0 aliphatic heterocycles. The molecular formula is C23H30F2N4O3. The first kappa shape index (κ1) is 24.9. The Hall–Kier alpha value is -3.36. The van der Waals surface area contributed by atoms with Gasteiger partial charge in [-0.15, -0.1) is 0 Å². The lowest BCUT2D eigenvalue weighted by Crippen LogP contribution is -2.36. The smallest absolute Gasteiger partial charge is 0.387 e. The normalized spacial score (nSPS) is 11.2. The first-order chi connectivity index (χ1) is 15.4. The molecule has 0 radical (unpaired) electrons. The van der Waals surface area contributed by atoms with Crippen LogP contribution in [0.2, 0.25) is 0 Å². The van der Waals surface area contributed by atoms with Crippen LogP contribution in [0, 0.1) is 0 Å². The van der Waals surface area contributed by atoms with E-state index < -0.39 is 6.61 Å². The van der Waals surface area contributed by atoms with Crippen LogP contribution in [0.4, 0.5) is 14.5 Å². The highest BCUT2D eigenvalue weighted by Gasteiger charge is 2.12. The van der Waals surface area contributed by atoms with E-state index in [1.165, 1.54) is 13.2 Å². The number of hydrogen-bond acceptors (Lipinski definition) is 4. The second-order valence-electron chi connectivity index (χ2n) is 6.90. The monoisotopic (exact) mass is 448 g/mol. The molecule has 0 aromatic heterocycles. The molecule has 0 unspecified atom stereocenters. The van der Waals surface area contributed by atoms with Gasteiger partial charge >= 0.3 is 6.61 Å². The van der Waals surface area contributed by atoms with Gasteiger partial charge in [0.05, 0.1) is 13.7 Å². The molecule has 0 spiro atoms. The second-order valence-corrected chi connectivity index (χ2v) is 6.90. The first-order valence-electron chi connectivity index (χ1n) is 10.5. The van der Waals surface area contributed by atoms with Crippen molar-refractivity contribution in [1.82, 2.24) is 10.6 Å². The van der Waals surface area contributed by atoms with E-state index in [1.807, 2.05) is 38.1 Å². The summed E-state index contributed by atoms with van der Waals surface area (Å²) in [5.41, 5.74) is 2.15. The molecule has 0 fully saturated rings. The maximum absolute atomic E-state index is 12.7. The van der Waals surface area contributed by atoms with Crippen molar-refractivity contribution in [1.29, 1.82) is 0 Å². The van der Waals surface area contributed by atoms with Gasteiger partial charge in [-0.3, -0.25) is 4.79 Å². The van der Waals surface area contributed by atoms with Gasteiger partial charge in [0, 0.05) is 30.8 Å². The lowest BCUT2D eigenvalue weighted by Gasteiger charge is -2.15. The van der Waals surface area contributed by atoms with E-state index in [0.717, 1.165) is 17.7 Å². The van der Waals surface area contributed by atoms with E-state index in [4.69, 9.17) is 4.74 Å². The molecule has 3 N–H and O–H groups in total. The molecule has 2 aromatic rings. The molecule has 0 atom stereocenters. The second kappa shape index (κ2) is 13.1. The summed E-state index contributed by atoms with van der Waals surface area (Å²) in [4.78, 5) is 16.4. The van der Waals surface area contributed by atoms with Gasteiger partial charge in [-0.05, 0) is 49.2 Å². The van der Waals surface area contributed by atoms with E-state index in [9.17, 15) is 13.6 Å². The topological polar surface area (TPSA) is 84.0 Å². The van der Waals surface area contributed by atoms with Gasteiger partial charge in [0.1, 0.15) is 11.5 Å². The minimum absolute atomic E-state index is 0.0248. The van der Waals surface area contributed by atoms with E-state index in [1.54, 1.807) is 12.1 Å². The highest BCUT2D eigenvalue weighted by atomic mass is 19.3. The molecule has 2 rings (SSSR count). The van der Waals surface area contributed by atoms with Gasteiger partial charge in [0.2, 0.25) is 5.91 Å². The molecule has 7 nitrogen and oxygen atoms in total. The fraction of sp³-hybridized carbons (Fsp3) is 0.391. The van der Waals surface area contributed by atoms with E-state index in [2.05, 4.69) is 25.7 Å². The van der Waals surface area contributed by atoms with Crippen LogP contribution in [0.1, 0.15) is 37.8 Å². The number of ether oxygens (including phenoxy) is 2. The van der Waals surface area contributed by atoms with Gasteiger partial charge in [0.25, 0.3) is 0 Å². The molecule has 0 saturated carbocycles. The summed E-state index contributed by atoms with van der Waals surface area (Å²) in [5, 5.41) is 9.12. The molecule has 0 saturated heterocycles. The van der Waals surface area contributed by atoms with E-state index in [-0.39, 0.29) is 18.2 Å². The maximum Gasteiger partial charge on any atom is 0.387 e. The summed E-state index contributed by atoms with van der Waals surface area (Å²) < 4.78 is 35.2. The van der Waals surface area contributed by atoms with Crippen molar-refractivity contribution < 1.29 is 23.0 Å². The summed E-state index contributed by atoms with van der Waals surface area (Å²) in [6, 6.07) is 12.1. The van der Waals surface area contributed by atoms with Gasteiger partial charge < -0.3 is 25.4 Å². The van der Waals surface area contributed by atoms with Crippen molar-refractivity contribution in [2.75, 3.05) is 19.0 Å². The van der Waals surface area contributed by atoms with Crippen LogP contribution in [-0.4, -0.2) is 32.1 Å². The summed E-state index contributed by atoms with van der Waals surface area (Å²) in [6.07, 6.45) is 1.25. The summed E-state index contributed by atoms with van der Waals surface area (Å²) in [7, 11) is 1.50. The number of methoxy groups -OCH3 is 1. The molecule has 1 amide bonds. The Morgan fingerprint density at radius 2 is 1.94 bits per heavy atom. The number of amides is 1. The number of benzene rings is 2. The van der Waals surface area contributed by atoms with Crippen LogP contribution in [0.25, 0.3) is 0 Å².